The van der Waals surface area contributed by atoms with Gasteiger partial charge in [0.1, 0.15) is 0 Å². The summed E-state index contributed by atoms with van der Waals surface area (Å²) in [5.41, 5.74) is 2.87. The molecule has 1 saturated carbocycles. The number of quaternary nitrogens is 1. The van der Waals surface area contributed by atoms with Crippen LogP contribution in [0.3, 0.4) is 0 Å². The first-order valence-electron chi connectivity index (χ1n) is 10.1. The number of rotatable bonds is 5. The van der Waals surface area contributed by atoms with Gasteiger partial charge in [0.05, 0.1) is 14.1 Å². The van der Waals surface area contributed by atoms with Gasteiger partial charge in [-0.05, 0) is 24.0 Å². The second kappa shape index (κ2) is 7.91. The molecule has 3 nitrogen and oxygen atoms in total. The Labute approximate surface area is 158 Å². The Morgan fingerprint density at radius 1 is 0.731 bits per heavy atom. The van der Waals surface area contributed by atoms with Gasteiger partial charge < -0.3 is 4.90 Å². The molecule has 1 heterocycles. The second-order valence-electron chi connectivity index (χ2n) is 8.19. The molecule has 138 valence electrons. The number of benzene rings is 2. The first-order valence-corrected chi connectivity index (χ1v) is 10.1. The van der Waals surface area contributed by atoms with Crippen molar-refractivity contribution in [3.63, 3.8) is 0 Å². The minimum atomic E-state index is 0.448. The Morgan fingerprint density at radius 2 is 1.15 bits per heavy atom. The molecular weight excluding hydrogens is 318 g/mol. The fourth-order valence-corrected chi connectivity index (χ4v) is 5.08. The molecule has 0 aromatic heterocycles. The largest absolute Gasteiger partial charge is 0.311 e. The van der Waals surface area contributed by atoms with E-state index in [0.29, 0.717) is 18.4 Å². The minimum Gasteiger partial charge on any atom is -0.311 e. The molecule has 4 rings (SSSR count). The highest BCUT2D eigenvalue weighted by Gasteiger charge is 2.50. The average molecular weight is 351 g/mol. The third kappa shape index (κ3) is 3.57. The first-order chi connectivity index (χ1) is 12.7. The lowest BCUT2D eigenvalue weighted by Gasteiger charge is -2.33. The third-order valence-electron chi connectivity index (χ3n) is 6.11. The van der Waals surface area contributed by atoms with Crippen LogP contribution < -0.4 is 4.90 Å². The van der Waals surface area contributed by atoms with E-state index >= 15 is 0 Å². The van der Waals surface area contributed by atoms with Crippen LogP contribution in [0.2, 0.25) is 0 Å². The molecule has 0 unspecified atom stereocenters. The van der Waals surface area contributed by atoms with Crippen molar-refractivity contribution in [1.29, 1.82) is 0 Å². The fraction of sp³-hybridized carbons (Fsp3) is 0.478. The van der Waals surface area contributed by atoms with Crippen molar-refractivity contribution in [1.82, 2.24) is 9.80 Å². The van der Waals surface area contributed by atoms with Crippen LogP contribution in [0, 0.1) is 0 Å². The van der Waals surface area contributed by atoms with Gasteiger partial charge in [0.2, 0.25) is 6.29 Å². The van der Waals surface area contributed by atoms with Crippen molar-refractivity contribution in [3.8, 4) is 0 Å². The number of fused-ring (bicyclic) bond motifs is 1. The van der Waals surface area contributed by atoms with Gasteiger partial charge in [-0.3, -0.25) is 0 Å². The predicted molar refractivity (Wildman–Crippen MR) is 107 cm³/mol. The van der Waals surface area contributed by atoms with E-state index in [1.54, 1.807) is 0 Å². The van der Waals surface area contributed by atoms with E-state index in [2.05, 4.69) is 84.6 Å². The van der Waals surface area contributed by atoms with Crippen LogP contribution in [0.5, 0.6) is 0 Å². The molecule has 1 aliphatic heterocycles. The van der Waals surface area contributed by atoms with E-state index in [0.717, 1.165) is 13.1 Å². The molecular formula is C23H32N3+. The second-order valence-corrected chi connectivity index (χ2v) is 8.19. The Hall–Kier alpha value is -1.68. The highest BCUT2D eigenvalue weighted by atomic mass is 15.6. The van der Waals surface area contributed by atoms with E-state index in [9.17, 15) is 0 Å². The highest BCUT2D eigenvalue weighted by molar-refractivity contribution is 5.17. The van der Waals surface area contributed by atoms with E-state index in [1.165, 1.54) is 41.7 Å². The summed E-state index contributed by atoms with van der Waals surface area (Å²) in [6, 6.07) is 23.4. The molecule has 1 N–H and O–H groups in total. The first kappa shape index (κ1) is 17.7. The van der Waals surface area contributed by atoms with E-state index in [1.807, 2.05) is 0 Å². The van der Waals surface area contributed by atoms with Gasteiger partial charge in [-0.25, -0.2) is 9.80 Å². The molecule has 26 heavy (non-hydrogen) atoms. The Morgan fingerprint density at radius 3 is 1.54 bits per heavy atom. The lowest BCUT2D eigenvalue weighted by molar-refractivity contribution is -0.911. The van der Waals surface area contributed by atoms with Gasteiger partial charge in [-0.2, -0.15) is 0 Å². The molecule has 2 aromatic carbocycles. The summed E-state index contributed by atoms with van der Waals surface area (Å²) in [6.07, 6.45) is 5.88. The normalized spacial score (nSPS) is 24.9. The summed E-state index contributed by atoms with van der Waals surface area (Å²) < 4.78 is 0. The lowest BCUT2D eigenvalue weighted by atomic mass is 9.90. The Bertz CT molecular complexity index is 628. The van der Waals surface area contributed by atoms with Gasteiger partial charge in [0.25, 0.3) is 0 Å². The van der Waals surface area contributed by atoms with Crippen molar-refractivity contribution in [2.24, 2.45) is 0 Å². The molecule has 0 spiro atoms. The van der Waals surface area contributed by atoms with E-state index in [4.69, 9.17) is 0 Å². The van der Waals surface area contributed by atoms with Crippen molar-refractivity contribution in [3.05, 3.63) is 71.8 Å². The van der Waals surface area contributed by atoms with Crippen LogP contribution in [0.15, 0.2) is 60.7 Å². The van der Waals surface area contributed by atoms with Crippen LogP contribution in [-0.4, -0.2) is 42.3 Å². The smallest absolute Gasteiger partial charge is 0.204 e. The molecule has 2 aliphatic rings. The van der Waals surface area contributed by atoms with Crippen LogP contribution in [0.1, 0.15) is 36.8 Å². The number of hydrogen-bond acceptors (Lipinski definition) is 2. The molecule has 0 bridgehead atoms. The third-order valence-corrected chi connectivity index (χ3v) is 6.11. The monoisotopic (exact) mass is 350 g/mol. The maximum Gasteiger partial charge on any atom is 0.204 e. The summed E-state index contributed by atoms with van der Waals surface area (Å²) in [5.74, 6) is 0. The van der Waals surface area contributed by atoms with Crippen molar-refractivity contribution >= 4 is 0 Å². The molecule has 2 aromatic rings. The van der Waals surface area contributed by atoms with Crippen LogP contribution >= 0.6 is 0 Å². The maximum atomic E-state index is 2.79. The summed E-state index contributed by atoms with van der Waals surface area (Å²) >= 11 is 0. The molecule has 2 fully saturated rings. The molecule has 0 amide bonds. The van der Waals surface area contributed by atoms with Gasteiger partial charge in [-0.1, -0.05) is 73.5 Å². The summed E-state index contributed by atoms with van der Waals surface area (Å²) in [7, 11) is 4.63. The number of hydrogen-bond donors (Lipinski definition) is 1. The number of nitrogens with one attached hydrogen (secondary N) is 1. The van der Waals surface area contributed by atoms with E-state index in [-0.39, 0.29) is 0 Å². The Kier molecular flexibility index (Phi) is 5.39. The molecule has 3 heteroatoms. The van der Waals surface area contributed by atoms with Crippen LogP contribution in [0.25, 0.3) is 0 Å². The van der Waals surface area contributed by atoms with Crippen molar-refractivity contribution < 1.29 is 4.90 Å². The highest BCUT2D eigenvalue weighted by Crippen LogP contribution is 2.36. The quantitative estimate of drug-likeness (QED) is 0.889. The summed E-state index contributed by atoms with van der Waals surface area (Å²) in [4.78, 5) is 7.10. The van der Waals surface area contributed by atoms with Crippen molar-refractivity contribution in [2.75, 3.05) is 14.1 Å². The van der Waals surface area contributed by atoms with Gasteiger partial charge in [-0.15, -0.1) is 0 Å². The van der Waals surface area contributed by atoms with Gasteiger partial charge >= 0.3 is 0 Å². The number of nitrogens with zero attached hydrogens (tertiary/aromatic N) is 2. The fourth-order valence-electron chi connectivity index (χ4n) is 5.08. The average Bonchev–Trinajstić information content (AvgIpc) is 2.97. The maximum absolute atomic E-state index is 2.79. The zero-order chi connectivity index (χ0) is 17.9. The molecule has 1 saturated heterocycles. The zero-order valence-corrected chi connectivity index (χ0v) is 16.1. The summed E-state index contributed by atoms with van der Waals surface area (Å²) in [6.45, 7) is 2.12. The SMILES string of the molecule is C[NH+](C)C1N(Cc2ccccc2)[C@H]2CCCC[C@@H]2N1Cc1ccccc1. The topological polar surface area (TPSA) is 10.9 Å². The standard InChI is InChI=1S/C23H31N3/c1-24(2)23-25(17-19-11-5-3-6-12-19)21-15-9-10-16-22(21)26(23)18-20-13-7-4-8-14-20/h3-8,11-14,21-23H,9-10,15-18H2,1-2H3/p+1/t21-,22-/m0/s1. The van der Waals surface area contributed by atoms with E-state index < -0.39 is 0 Å². The van der Waals surface area contributed by atoms with Crippen LogP contribution in [0.4, 0.5) is 0 Å². The molecule has 0 radical (unpaired) electrons. The van der Waals surface area contributed by atoms with Gasteiger partial charge in [0.15, 0.2) is 0 Å². The molecule has 1 aliphatic carbocycles. The minimum absolute atomic E-state index is 0.448. The zero-order valence-electron chi connectivity index (χ0n) is 16.1. The Balaban J connectivity index is 1.63. The van der Waals surface area contributed by atoms with Gasteiger partial charge in [0, 0.05) is 25.2 Å². The predicted octanol–water partition coefficient (Wildman–Crippen LogP) is 2.74. The summed E-state index contributed by atoms with van der Waals surface area (Å²) in [5, 5.41) is 0. The van der Waals surface area contributed by atoms with Crippen LogP contribution in [-0.2, 0) is 13.1 Å². The molecule has 2 atom stereocenters. The lowest BCUT2D eigenvalue weighted by Crippen LogP contribution is -3.13. The van der Waals surface area contributed by atoms with Crippen molar-refractivity contribution in [2.45, 2.75) is 57.1 Å².